The lowest BCUT2D eigenvalue weighted by molar-refractivity contribution is -0.383. The van der Waals surface area contributed by atoms with Crippen LogP contribution in [0, 0.1) is 10.1 Å². The van der Waals surface area contributed by atoms with Crippen LogP contribution in [0.5, 0.6) is 0 Å². The number of aromatic amines is 1. The molecule has 0 spiro atoms. The van der Waals surface area contributed by atoms with Gasteiger partial charge in [-0.25, -0.2) is 18.1 Å². The summed E-state index contributed by atoms with van der Waals surface area (Å²) in [7, 11) is -2.31. The Balaban J connectivity index is 2.23. The molecule has 0 fully saturated rings. The van der Waals surface area contributed by atoms with Gasteiger partial charge in [-0.2, -0.15) is 0 Å². The molecule has 3 N–H and O–H groups in total. The number of hydrogen-bond acceptors (Lipinski definition) is 7. The second kappa shape index (κ2) is 5.56. The molecule has 0 bridgehead atoms. The van der Waals surface area contributed by atoms with Crippen LogP contribution in [0.15, 0.2) is 22.8 Å². The molecular formula is C9H11N5O4S2. The Hall–Kier alpha value is -1.98. The second-order valence-electron chi connectivity index (χ2n) is 3.69. The summed E-state index contributed by atoms with van der Waals surface area (Å²) in [6, 6.07) is 1.03. The number of rotatable bonds is 6. The van der Waals surface area contributed by atoms with E-state index in [1.165, 1.54) is 19.6 Å². The van der Waals surface area contributed by atoms with Crippen molar-refractivity contribution >= 4 is 32.0 Å². The lowest BCUT2D eigenvalue weighted by atomic mass is 10.5. The topological polar surface area (TPSA) is 130 Å². The first-order chi connectivity index (χ1) is 9.44. The summed E-state index contributed by atoms with van der Waals surface area (Å²) in [5.41, 5.74) is 0.327. The van der Waals surface area contributed by atoms with Crippen LogP contribution in [0.1, 0.15) is 5.69 Å². The molecule has 0 aliphatic carbocycles. The maximum Gasteiger partial charge on any atom is 0.304 e. The summed E-state index contributed by atoms with van der Waals surface area (Å²) in [6.07, 6.45) is 2.91. The van der Waals surface area contributed by atoms with Crippen molar-refractivity contribution in [2.75, 3.05) is 12.4 Å². The van der Waals surface area contributed by atoms with E-state index in [1.54, 1.807) is 0 Å². The molecule has 9 nitrogen and oxygen atoms in total. The van der Waals surface area contributed by atoms with E-state index >= 15 is 0 Å². The van der Waals surface area contributed by atoms with Gasteiger partial charge in [0.2, 0.25) is 0 Å². The number of nitrogens with zero attached hydrogens (tertiary/aromatic N) is 2. The number of aromatic nitrogens is 2. The minimum Gasteiger partial charge on any atom is -0.374 e. The van der Waals surface area contributed by atoms with Gasteiger partial charge in [0.25, 0.3) is 10.0 Å². The molecule has 0 aliphatic heterocycles. The van der Waals surface area contributed by atoms with Crippen LogP contribution in [0.25, 0.3) is 0 Å². The van der Waals surface area contributed by atoms with Crippen molar-refractivity contribution in [2.24, 2.45) is 0 Å². The van der Waals surface area contributed by atoms with Crippen molar-refractivity contribution in [3.05, 3.63) is 34.4 Å². The Kier molecular flexibility index (Phi) is 4.01. The fraction of sp³-hybridized carbons (Fsp3) is 0.222. The molecule has 0 radical (unpaired) electrons. The average Bonchev–Trinajstić information content (AvgIpc) is 3.05. The second-order valence-corrected chi connectivity index (χ2v) is 6.73. The first-order valence-electron chi connectivity index (χ1n) is 5.37. The zero-order valence-electron chi connectivity index (χ0n) is 10.3. The van der Waals surface area contributed by atoms with Crippen LogP contribution in [-0.4, -0.2) is 30.4 Å². The zero-order chi connectivity index (χ0) is 14.8. The minimum absolute atomic E-state index is 0.0307. The van der Waals surface area contributed by atoms with Gasteiger partial charge in [0.1, 0.15) is 4.21 Å². The van der Waals surface area contributed by atoms with Gasteiger partial charge in [0.05, 0.1) is 17.8 Å². The third kappa shape index (κ3) is 2.95. The third-order valence-corrected chi connectivity index (χ3v) is 5.40. The molecule has 108 valence electrons. The van der Waals surface area contributed by atoms with Gasteiger partial charge < -0.3 is 10.3 Å². The minimum atomic E-state index is -3.81. The van der Waals surface area contributed by atoms with Crippen molar-refractivity contribution in [1.29, 1.82) is 0 Å². The number of sulfonamides is 1. The Labute approximate surface area is 118 Å². The summed E-state index contributed by atoms with van der Waals surface area (Å²) < 4.78 is 26.3. The molecule has 11 heteroatoms. The van der Waals surface area contributed by atoms with E-state index < -0.39 is 14.9 Å². The third-order valence-electron chi connectivity index (χ3n) is 2.39. The lowest BCUT2D eigenvalue weighted by Gasteiger charge is -2.02. The lowest BCUT2D eigenvalue weighted by Crippen LogP contribution is -2.22. The van der Waals surface area contributed by atoms with Gasteiger partial charge in [0.15, 0.2) is 5.00 Å². The highest BCUT2D eigenvalue weighted by Crippen LogP contribution is 2.36. The fourth-order valence-electron chi connectivity index (χ4n) is 1.43. The van der Waals surface area contributed by atoms with Crippen molar-refractivity contribution in [3.63, 3.8) is 0 Å². The number of anilines is 1. The fourth-order valence-corrected chi connectivity index (χ4v) is 3.76. The van der Waals surface area contributed by atoms with Crippen LogP contribution in [0.3, 0.4) is 0 Å². The Morgan fingerprint density at radius 3 is 2.80 bits per heavy atom. The SMILES string of the molecule is CNc1sc(S(=O)(=O)NCc2cnc[nH]2)cc1[N+](=O)[O-]. The van der Waals surface area contributed by atoms with Gasteiger partial charge in [-0.05, 0) is 0 Å². The van der Waals surface area contributed by atoms with Crippen LogP contribution in [-0.2, 0) is 16.6 Å². The van der Waals surface area contributed by atoms with Crippen LogP contribution >= 0.6 is 11.3 Å². The quantitative estimate of drug-likeness (QED) is 0.536. The van der Waals surface area contributed by atoms with E-state index in [2.05, 4.69) is 20.0 Å². The van der Waals surface area contributed by atoms with E-state index in [0.717, 1.165) is 17.4 Å². The number of hydrogen-bond donors (Lipinski definition) is 3. The van der Waals surface area contributed by atoms with Gasteiger partial charge in [-0.3, -0.25) is 10.1 Å². The number of thiophene rings is 1. The number of H-pyrrole nitrogens is 1. The largest absolute Gasteiger partial charge is 0.374 e. The predicted molar refractivity (Wildman–Crippen MR) is 73.1 cm³/mol. The number of nitro groups is 1. The summed E-state index contributed by atoms with van der Waals surface area (Å²) in [6.45, 7) is 0.0307. The maximum atomic E-state index is 12.0. The monoisotopic (exact) mass is 317 g/mol. The van der Waals surface area contributed by atoms with Gasteiger partial charge in [-0.15, -0.1) is 0 Å². The average molecular weight is 317 g/mol. The molecule has 0 aliphatic rings. The van der Waals surface area contributed by atoms with Crippen molar-refractivity contribution in [1.82, 2.24) is 14.7 Å². The molecule has 2 aromatic heterocycles. The van der Waals surface area contributed by atoms with Gasteiger partial charge >= 0.3 is 5.69 Å². The highest BCUT2D eigenvalue weighted by atomic mass is 32.2. The van der Waals surface area contributed by atoms with E-state index in [9.17, 15) is 18.5 Å². The predicted octanol–water partition coefficient (Wildman–Crippen LogP) is 0.900. The molecule has 0 saturated heterocycles. The highest BCUT2D eigenvalue weighted by Gasteiger charge is 2.25. The number of nitrogens with one attached hydrogen (secondary N) is 3. The summed E-state index contributed by atoms with van der Waals surface area (Å²) >= 11 is 0.803. The normalized spacial score (nSPS) is 11.4. The highest BCUT2D eigenvalue weighted by molar-refractivity contribution is 7.91. The molecule has 0 unspecified atom stereocenters. The van der Waals surface area contributed by atoms with E-state index in [-0.39, 0.29) is 21.4 Å². The molecule has 0 saturated carbocycles. The van der Waals surface area contributed by atoms with E-state index in [0.29, 0.717) is 5.69 Å². The van der Waals surface area contributed by atoms with Crippen LogP contribution in [0.2, 0.25) is 0 Å². The molecule has 20 heavy (non-hydrogen) atoms. The van der Waals surface area contributed by atoms with Crippen molar-refractivity contribution in [3.8, 4) is 0 Å². The molecular weight excluding hydrogens is 306 g/mol. The first kappa shape index (κ1) is 14.4. The summed E-state index contributed by atoms with van der Waals surface area (Å²) in [5, 5.41) is 13.6. The smallest absolute Gasteiger partial charge is 0.304 e. The Bertz CT molecular complexity index is 707. The van der Waals surface area contributed by atoms with Gasteiger partial charge in [0, 0.05) is 25.0 Å². The maximum absolute atomic E-state index is 12.0. The van der Waals surface area contributed by atoms with Crippen molar-refractivity contribution in [2.45, 2.75) is 10.8 Å². The van der Waals surface area contributed by atoms with E-state index in [4.69, 9.17) is 0 Å². The summed E-state index contributed by atoms with van der Waals surface area (Å²) in [5.74, 6) is 0. The molecule has 0 atom stereocenters. The Morgan fingerprint density at radius 2 is 2.30 bits per heavy atom. The standard InChI is InChI=1S/C9H11N5O4S2/c1-10-9-7(14(15)16)2-8(19-9)20(17,18)13-4-6-3-11-5-12-6/h2-3,5,10,13H,4H2,1H3,(H,11,12). The van der Waals surface area contributed by atoms with Gasteiger partial charge in [-0.1, -0.05) is 11.3 Å². The first-order valence-corrected chi connectivity index (χ1v) is 7.67. The number of imidazole rings is 1. The Morgan fingerprint density at radius 1 is 1.55 bits per heavy atom. The molecule has 2 heterocycles. The summed E-state index contributed by atoms with van der Waals surface area (Å²) in [4.78, 5) is 16.7. The van der Waals surface area contributed by atoms with Crippen LogP contribution in [0.4, 0.5) is 10.7 Å². The molecule has 0 amide bonds. The van der Waals surface area contributed by atoms with Crippen molar-refractivity contribution < 1.29 is 13.3 Å². The molecule has 2 rings (SSSR count). The van der Waals surface area contributed by atoms with E-state index in [1.807, 2.05) is 0 Å². The molecule has 0 aromatic carbocycles. The molecule has 2 aromatic rings. The zero-order valence-corrected chi connectivity index (χ0v) is 11.9. The van der Waals surface area contributed by atoms with Crippen LogP contribution < -0.4 is 10.0 Å².